The lowest BCUT2D eigenvalue weighted by Gasteiger charge is -2.04. The highest BCUT2D eigenvalue weighted by molar-refractivity contribution is 9.10. The normalized spacial score (nSPS) is 10.1. The molecule has 1 rings (SSSR count). The Kier molecular flexibility index (Phi) is 3.76. The number of halogens is 3. The molecule has 0 unspecified atom stereocenters. The van der Waals surface area contributed by atoms with E-state index in [9.17, 15) is 4.79 Å². The molecule has 1 N–H and O–H groups in total. The van der Waals surface area contributed by atoms with E-state index in [1.54, 1.807) is 6.07 Å². The number of benzene rings is 1. The van der Waals surface area contributed by atoms with Gasteiger partial charge in [-0.15, -0.1) is 0 Å². The topological polar surface area (TPSA) is 37.3 Å². The maximum atomic E-state index is 10.7. The van der Waals surface area contributed by atoms with E-state index in [0.29, 0.717) is 5.33 Å². The van der Waals surface area contributed by atoms with Crippen LogP contribution in [0.15, 0.2) is 16.6 Å². The van der Waals surface area contributed by atoms with Crippen LogP contribution in [0.3, 0.4) is 0 Å². The molecule has 2 nitrogen and oxygen atoms in total. The van der Waals surface area contributed by atoms with Crippen molar-refractivity contribution >= 4 is 49.4 Å². The maximum absolute atomic E-state index is 10.7. The zero-order valence-electron chi connectivity index (χ0n) is 6.35. The second kappa shape index (κ2) is 4.44. The molecule has 1 aromatic carbocycles. The van der Waals surface area contributed by atoms with E-state index in [4.69, 9.17) is 16.7 Å². The van der Waals surface area contributed by atoms with Crippen LogP contribution in [0.5, 0.6) is 0 Å². The van der Waals surface area contributed by atoms with Gasteiger partial charge in [-0.1, -0.05) is 43.5 Å². The molecule has 0 aliphatic rings. The van der Waals surface area contributed by atoms with Gasteiger partial charge in [-0.2, -0.15) is 0 Å². The highest BCUT2D eigenvalue weighted by Crippen LogP contribution is 2.27. The summed E-state index contributed by atoms with van der Waals surface area (Å²) >= 11 is 12.3. The predicted octanol–water partition coefficient (Wildman–Crippen LogP) is 3.70. The number of carboxylic acid groups (broad SMARTS) is 1. The Bertz CT molecular complexity index is 352. The van der Waals surface area contributed by atoms with Gasteiger partial charge in [0.1, 0.15) is 0 Å². The van der Waals surface area contributed by atoms with E-state index in [1.807, 2.05) is 0 Å². The van der Waals surface area contributed by atoms with Crippen LogP contribution in [0, 0.1) is 0 Å². The van der Waals surface area contributed by atoms with Gasteiger partial charge in [0.05, 0.1) is 10.6 Å². The molecule has 70 valence electrons. The maximum Gasteiger partial charge on any atom is 0.337 e. The van der Waals surface area contributed by atoms with Crippen LogP contribution < -0.4 is 0 Å². The fourth-order valence-electron chi connectivity index (χ4n) is 0.854. The molecule has 0 aliphatic carbocycles. The van der Waals surface area contributed by atoms with E-state index >= 15 is 0 Å². The fraction of sp³-hybridized carbons (Fsp3) is 0.125. The molecule has 0 fully saturated rings. The van der Waals surface area contributed by atoms with Gasteiger partial charge < -0.3 is 5.11 Å². The average Bonchev–Trinajstić information content (AvgIpc) is 2.07. The Morgan fingerprint density at radius 2 is 2.15 bits per heavy atom. The predicted molar refractivity (Wildman–Crippen MR) is 58.7 cm³/mol. The highest BCUT2D eigenvalue weighted by Gasteiger charge is 2.11. The van der Waals surface area contributed by atoms with Gasteiger partial charge in [-0.3, -0.25) is 0 Å². The minimum atomic E-state index is -1.02. The van der Waals surface area contributed by atoms with Crippen molar-refractivity contribution in [2.75, 3.05) is 0 Å². The SMILES string of the molecule is O=C(O)c1cc(Br)c(CBr)cc1Cl. The first-order chi connectivity index (χ1) is 6.06. The molecule has 0 radical (unpaired) electrons. The van der Waals surface area contributed by atoms with E-state index in [2.05, 4.69) is 31.9 Å². The molecular weight excluding hydrogens is 323 g/mol. The lowest BCUT2D eigenvalue weighted by molar-refractivity contribution is 0.0697. The summed E-state index contributed by atoms with van der Waals surface area (Å²) in [6.07, 6.45) is 0. The van der Waals surface area contributed by atoms with Gasteiger partial charge in [-0.05, 0) is 17.7 Å². The summed E-state index contributed by atoms with van der Waals surface area (Å²) in [6.45, 7) is 0. The number of carbonyl (C=O) groups is 1. The number of carboxylic acids is 1. The third-order valence-electron chi connectivity index (χ3n) is 1.51. The number of hydrogen-bond donors (Lipinski definition) is 1. The quantitative estimate of drug-likeness (QED) is 0.841. The summed E-state index contributed by atoms with van der Waals surface area (Å²) in [5, 5.41) is 9.62. The van der Waals surface area contributed by atoms with E-state index in [-0.39, 0.29) is 10.6 Å². The third-order valence-corrected chi connectivity index (χ3v) is 3.17. The van der Waals surface area contributed by atoms with Crippen molar-refractivity contribution in [3.8, 4) is 0 Å². The first-order valence-corrected chi connectivity index (χ1v) is 5.62. The van der Waals surface area contributed by atoms with Crippen LogP contribution in [0.4, 0.5) is 0 Å². The van der Waals surface area contributed by atoms with Gasteiger partial charge in [0.25, 0.3) is 0 Å². The van der Waals surface area contributed by atoms with Crippen molar-refractivity contribution < 1.29 is 9.90 Å². The minimum Gasteiger partial charge on any atom is -0.478 e. The summed E-state index contributed by atoms with van der Waals surface area (Å²) in [5.74, 6) is -1.02. The number of aromatic carboxylic acids is 1. The van der Waals surface area contributed by atoms with Crippen molar-refractivity contribution in [2.45, 2.75) is 5.33 Å². The Morgan fingerprint density at radius 1 is 1.54 bits per heavy atom. The Balaban J connectivity index is 3.28. The molecule has 0 aromatic heterocycles. The van der Waals surface area contributed by atoms with Crippen LogP contribution in [0.2, 0.25) is 5.02 Å². The van der Waals surface area contributed by atoms with Crippen molar-refractivity contribution in [3.63, 3.8) is 0 Å². The zero-order chi connectivity index (χ0) is 10.0. The summed E-state index contributed by atoms with van der Waals surface area (Å²) in [7, 11) is 0. The van der Waals surface area contributed by atoms with E-state index < -0.39 is 5.97 Å². The third kappa shape index (κ3) is 2.45. The highest BCUT2D eigenvalue weighted by atomic mass is 79.9. The number of hydrogen-bond acceptors (Lipinski definition) is 1. The van der Waals surface area contributed by atoms with Crippen LogP contribution in [-0.4, -0.2) is 11.1 Å². The Morgan fingerprint density at radius 3 is 2.62 bits per heavy atom. The molecule has 5 heteroatoms. The Labute approximate surface area is 97.2 Å². The second-order valence-electron chi connectivity index (χ2n) is 2.36. The van der Waals surface area contributed by atoms with Crippen LogP contribution in [-0.2, 0) is 5.33 Å². The van der Waals surface area contributed by atoms with Gasteiger partial charge in [0, 0.05) is 9.80 Å². The fourth-order valence-corrected chi connectivity index (χ4v) is 2.45. The largest absolute Gasteiger partial charge is 0.478 e. The molecule has 0 atom stereocenters. The van der Waals surface area contributed by atoms with Gasteiger partial charge >= 0.3 is 5.97 Å². The smallest absolute Gasteiger partial charge is 0.337 e. The molecule has 0 heterocycles. The van der Waals surface area contributed by atoms with Crippen LogP contribution in [0.25, 0.3) is 0 Å². The molecule has 0 amide bonds. The first kappa shape index (κ1) is 11.0. The molecule has 1 aromatic rings. The Hall–Kier alpha value is -0.0600. The average molecular weight is 328 g/mol. The lowest BCUT2D eigenvalue weighted by Crippen LogP contribution is -1.98. The van der Waals surface area contributed by atoms with Crippen LogP contribution >= 0.6 is 43.5 Å². The van der Waals surface area contributed by atoms with Gasteiger partial charge in [0.2, 0.25) is 0 Å². The molecule has 13 heavy (non-hydrogen) atoms. The van der Waals surface area contributed by atoms with Crippen molar-refractivity contribution in [3.05, 3.63) is 32.8 Å². The van der Waals surface area contributed by atoms with Crippen molar-refractivity contribution in [1.29, 1.82) is 0 Å². The van der Waals surface area contributed by atoms with Gasteiger partial charge in [0.15, 0.2) is 0 Å². The van der Waals surface area contributed by atoms with Crippen LogP contribution in [0.1, 0.15) is 15.9 Å². The summed E-state index contributed by atoms with van der Waals surface area (Å²) in [6, 6.07) is 3.13. The monoisotopic (exact) mass is 326 g/mol. The van der Waals surface area contributed by atoms with E-state index in [1.165, 1.54) is 6.07 Å². The number of rotatable bonds is 2. The zero-order valence-corrected chi connectivity index (χ0v) is 10.3. The molecular formula is C8H5Br2ClO2. The lowest BCUT2D eigenvalue weighted by atomic mass is 10.1. The molecule has 0 saturated carbocycles. The van der Waals surface area contributed by atoms with Crippen molar-refractivity contribution in [1.82, 2.24) is 0 Å². The molecule has 0 spiro atoms. The van der Waals surface area contributed by atoms with E-state index in [0.717, 1.165) is 10.0 Å². The summed E-state index contributed by atoms with van der Waals surface area (Å²) in [4.78, 5) is 10.7. The summed E-state index contributed by atoms with van der Waals surface area (Å²) < 4.78 is 0.742. The molecule has 0 bridgehead atoms. The number of alkyl halides is 1. The molecule has 0 aliphatic heterocycles. The second-order valence-corrected chi connectivity index (χ2v) is 4.18. The van der Waals surface area contributed by atoms with Gasteiger partial charge in [-0.25, -0.2) is 4.79 Å². The minimum absolute atomic E-state index is 0.109. The standard InChI is InChI=1S/C8H5Br2ClO2/c9-3-4-1-7(11)5(8(12)13)2-6(4)10/h1-2H,3H2,(H,12,13). The molecule has 0 saturated heterocycles. The summed E-state index contributed by atoms with van der Waals surface area (Å²) in [5.41, 5.74) is 1.04. The van der Waals surface area contributed by atoms with Crippen molar-refractivity contribution in [2.24, 2.45) is 0 Å². The first-order valence-electron chi connectivity index (χ1n) is 3.33.